The van der Waals surface area contributed by atoms with Crippen molar-refractivity contribution in [3.8, 4) is 0 Å². The zero-order valence-electron chi connectivity index (χ0n) is 10.2. The van der Waals surface area contributed by atoms with Crippen LogP contribution in [-0.2, 0) is 0 Å². The summed E-state index contributed by atoms with van der Waals surface area (Å²) in [6, 6.07) is 0. The summed E-state index contributed by atoms with van der Waals surface area (Å²) in [4.78, 5) is 0. The van der Waals surface area contributed by atoms with Gasteiger partial charge >= 0.3 is 0 Å². The maximum absolute atomic E-state index is 4.18. The average Bonchev–Trinajstić information content (AvgIpc) is 2.30. The summed E-state index contributed by atoms with van der Waals surface area (Å²) in [6.45, 7) is 4.69. The van der Waals surface area contributed by atoms with Gasteiger partial charge in [-0.05, 0) is 31.2 Å². The van der Waals surface area contributed by atoms with Crippen molar-refractivity contribution >= 4 is 12.6 Å². The zero-order valence-corrected chi connectivity index (χ0v) is 11.1. The Morgan fingerprint density at radius 2 is 1.93 bits per heavy atom. The molecule has 1 aliphatic rings. The van der Waals surface area contributed by atoms with Crippen molar-refractivity contribution in [2.75, 3.05) is 18.8 Å². The molecule has 1 rings (SSSR count). The SMILES string of the molecule is C[C@H](CCCNCCS)C1CCCCC1. The van der Waals surface area contributed by atoms with Gasteiger partial charge in [-0.3, -0.25) is 0 Å². The summed E-state index contributed by atoms with van der Waals surface area (Å²) in [6.07, 6.45) is 10.2. The number of rotatable bonds is 7. The molecule has 15 heavy (non-hydrogen) atoms. The van der Waals surface area contributed by atoms with E-state index in [1.807, 2.05) is 0 Å². The lowest BCUT2D eigenvalue weighted by Gasteiger charge is -2.27. The van der Waals surface area contributed by atoms with Crippen molar-refractivity contribution in [1.82, 2.24) is 5.32 Å². The quantitative estimate of drug-likeness (QED) is 0.503. The van der Waals surface area contributed by atoms with Gasteiger partial charge in [0.2, 0.25) is 0 Å². The standard InChI is InChI=1S/C13H27NS/c1-12(6-5-9-14-10-11-15)13-7-3-2-4-8-13/h12-15H,2-11H2,1H3/t12-/m1/s1. The Morgan fingerprint density at radius 1 is 1.20 bits per heavy atom. The average molecular weight is 229 g/mol. The normalized spacial score (nSPS) is 20.4. The Bertz CT molecular complexity index is 143. The van der Waals surface area contributed by atoms with Crippen LogP contribution < -0.4 is 5.32 Å². The van der Waals surface area contributed by atoms with Crippen LogP contribution in [0.5, 0.6) is 0 Å². The van der Waals surface area contributed by atoms with Crippen LogP contribution in [0.4, 0.5) is 0 Å². The third-order valence-corrected chi connectivity index (χ3v) is 3.98. The van der Waals surface area contributed by atoms with E-state index >= 15 is 0 Å². The number of hydrogen-bond acceptors (Lipinski definition) is 2. The van der Waals surface area contributed by atoms with Crippen LogP contribution in [0.25, 0.3) is 0 Å². The van der Waals surface area contributed by atoms with Crippen LogP contribution in [0.3, 0.4) is 0 Å². The minimum Gasteiger partial charge on any atom is -0.316 e. The predicted molar refractivity (Wildman–Crippen MR) is 71.7 cm³/mol. The van der Waals surface area contributed by atoms with Gasteiger partial charge < -0.3 is 5.32 Å². The highest BCUT2D eigenvalue weighted by molar-refractivity contribution is 7.80. The lowest BCUT2D eigenvalue weighted by Crippen LogP contribution is -2.20. The van der Waals surface area contributed by atoms with Crippen LogP contribution in [0.15, 0.2) is 0 Å². The molecule has 1 N–H and O–H groups in total. The molecule has 0 aromatic carbocycles. The molecular formula is C13H27NS. The first kappa shape index (κ1) is 13.4. The molecule has 1 nitrogen and oxygen atoms in total. The van der Waals surface area contributed by atoms with Crippen LogP contribution in [-0.4, -0.2) is 18.8 Å². The van der Waals surface area contributed by atoms with Gasteiger partial charge in [0.15, 0.2) is 0 Å². The van der Waals surface area contributed by atoms with Gasteiger partial charge in [0.1, 0.15) is 0 Å². The van der Waals surface area contributed by atoms with Gasteiger partial charge in [0.25, 0.3) is 0 Å². The molecule has 0 bridgehead atoms. The topological polar surface area (TPSA) is 12.0 Å². The molecule has 0 unspecified atom stereocenters. The molecule has 1 saturated carbocycles. The maximum Gasteiger partial charge on any atom is 0.00397 e. The first-order valence-electron chi connectivity index (χ1n) is 6.66. The number of hydrogen-bond donors (Lipinski definition) is 2. The van der Waals surface area contributed by atoms with Crippen LogP contribution in [0.2, 0.25) is 0 Å². The summed E-state index contributed by atoms with van der Waals surface area (Å²) in [7, 11) is 0. The molecule has 0 radical (unpaired) electrons. The molecule has 0 aromatic heterocycles. The molecule has 2 heteroatoms. The Morgan fingerprint density at radius 3 is 2.60 bits per heavy atom. The van der Waals surface area contributed by atoms with Crippen molar-refractivity contribution in [1.29, 1.82) is 0 Å². The van der Waals surface area contributed by atoms with E-state index < -0.39 is 0 Å². The van der Waals surface area contributed by atoms with Crippen LogP contribution >= 0.6 is 12.6 Å². The second-order valence-corrected chi connectivity index (χ2v) is 5.44. The molecule has 0 aliphatic heterocycles. The summed E-state index contributed by atoms with van der Waals surface area (Å²) in [5.41, 5.74) is 0. The van der Waals surface area contributed by atoms with Crippen molar-refractivity contribution in [3.05, 3.63) is 0 Å². The smallest absolute Gasteiger partial charge is 0.00397 e. The zero-order chi connectivity index (χ0) is 10.9. The lowest BCUT2D eigenvalue weighted by molar-refractivity contribution is 0.248. The van der Waals surface area contributed by atoms with E-state index in [2.05, 4.69) is 24.9 Å². The van der Waals surface area contributed by atoms with Crippen molar-refractivity contribution in [2.24, 2.45) is 11.8 Å². The van der Waals surface area contributed by atoms with Gasteiger partial charge in [-0.2, -0.15) is 12.6 Å². The third-order valence-electron chi connectivity index (χ3n) is 3.76. The largest absolute Gasteiger partial charge is 0.316 e. The van der Waals surface area contributed by atoms with E-state index in [4.69, 9.17) is 0 Å². The lowest BCUT2D eigenvalue weighted by atomic mass is 9.79. The monoisotopic (exact) mass is 229 g/mol. The Labute approximate surface area is 101 Å². The molecular weight excluding hydrogens is 202 g/mol. The predicted octanol–water partition coefficient (Wildman–Crippen LogP) is 3.50. The first-order valence-corrected chi connectivity index (χ1v) is 7.29. The van der Waals surface area contributed by atoms with Crippen molar-refractivity contribution < 1.29 is 0 Å². The third kappa shape index (κ3) is 5.82. The number of nitrogens with one attached hydrogen (secondary N) is 1. The summed E-state index contributed by atoms with van der Waals surface area (Å²) >= 11 is 4.18. The van der Waals surface area contributed by atoms with E-state index in [-0.39, 0.29) is 0 Å². The Balaban J connectivity index is 1.99. The Hall–Kier alpha value is 0.310. The maximum atomic E-state index is 4.18. The molecule has 1 fully saturated rings. The fraction of sp³-hybridized carbons (Fsp3) is 1.00. The van der Waals surface area contributed by atoms with Crippen molar-refractivity contribution in [2.45, 2.75) is 51.9 Å². The molecule has 1 atom stereocenters. The van der Waals surface area contributed by atoms with Gasteiger partial charge in [0, 0.05) is 12.3 Å². The summed E-state index contributed by atoms with van der Waals surface area (Å²) < 4.78 is 0. The van der Waals surface area contributed by atoms with E-state index in [0.29, 0.717) is 0 Å². The number of thiol groups is 1. The summed E-state index contributed by atoms with van der Waals surface area (Å²) in [5, 5.41) is 3.42. The highest BCUT2D eigenvalue weighted by Crippen LogP contribution is 2.31. The van der Waals surface area contributed by atoms with E-state index in [0.717, 1.165) is 24.1 Å². The molecule has 1 aliphatic carbocycles. The second kappa shape index (κ2) is 8.46. The van der Waals surface area contributed by atoms with Crippen LogP contribution in [0, 0.1) is 11.8 Å². The van der Waals surface area contributed by atoms with Gasteiger partial charge in [0.05, 0.1) is 0 Å². The van der Waals surface area contributed by atoms with E-state index in [1.165, 1.54) is 51.5 Å². The summed E-state index contributed by atoms with van der Waals surface area (Å²) in [5.74, 6) is 2.93. The van der Waals surface area contributed by atoms with E-state index in [1.54, 1.807) is 0 Å². The van der Waals surface area contributed by atoms with Crippen LogP contribution in [0.1, 0.15) is 51.9 Å². The molecule has 0 amide bonds. The fourth-order valence-corrected chi connectivity index (χ4v) is 2.85. The molecule has 90 valence electrons. The molecule has 0 spiro atoms. The molecule has 0 aromatic rings. The van der Waals surface area contributed by atoms with E-state index in [9.17, 15) is 0 Å². The highest BCUT2D eigenvalue weighted by atomic mass is 32.1. The molecule has 0 saturated heterocycles. The Kier molecular flexibility index (Phi) is 7.54. The first-order chi connectivity index (χ1) is 7.34. The minimum atomic E-state index is 0.947. The fourth-order valence-electron chi connectivity index (χ4n) is 2.69. The van der Waals surface area contributed by atoms with Crippen molar-refractivity contribution in [3.63, 3.8) is 0 Å². The highest BCUT2D eigenvalue weighted by Gasteiger charge is 2.19. The minimum absolute atomic E-state index is 0.947. The van der Waals surface area contributed by atoms with Gasteiger partial charge in [-0.15, -0.1) is 0 Å². The second-order valence-electron chi connectivity index (χ2n) is 4.99. The van der Waals surface area contributed by atoms with Gasteiger partial charge in [-0.1, -0.05) is 39.0 Å². The molecule has 0 heterocycles. The van der Waals surface area contributed by atoms with Gasteiger partial charge in [-0.25, -0.2) is 0 Å².